The molecule has 1 unspecified atom stereocenters. The molecule has 0 heterocycles. The number of thioether (sulfide) groups is 1. The summed E-state index contributed by atoms with van der Waals surface area (Å²) in [6.45, 7) is 8.55. The van der Waals surface area contributed by atoms with Gasteiger partial charge in [-0.1, -0.05) is 38.8 Å². The van der Waals surface area contributed by atoms with E-state index in [9.17, 15) is 0 Å². The van der Waals surface area contributed by atoms with Crippen molar-refractivity contribution in [1.29, 1.82) is 0 Å². The van der Waals surface area contributed by atoms with Gasteiger partial charge in [-0.2, -0.15) is 11.8 Å². The van der Waals surface area contributed by atoms with Crippen LogP contribution >= 0.6 is 11.8 Å². The minimum atomic E-state index is 0.343. The Balaban J connectivity index is 1.82. The summed E-state index contributed by atoms with van der Waals surface area (Å²) in [6.07, 6.45) is 10.5. The molecule has 148 valence electrons. The van der Waals surface area contributed by atoms with Gasteiger partial charge in [-0.25, -0.2) is 0 Å². The van der Waals surface area contributed by atoms with Crippen LogP contribution in [0.2, 0.25) is 0 Å². The van der Waals surface area contributed by atoms with E-state index in [1.54, 1.807) is 0 Å². The number of hydrogen-bond acceptors (Lipinski definition) is 3. The monoisotopic (exact) mass is 377 g/mol. The molecule has 1 atom stereocenters. The zero-order valence-electron chi connectivity index (χ0n) is 17.2. The molecule has 1 fully saturated rings. The Morgan fingerprint density at radius 2 is 1.77 bits per heavy atom. The maximum atomic E-state index is 5.62. The molecule has 1 aliphatic carbocycles. The number of benzene rings is 1. The first-order valence-electron chi connectivity index (χ1n) is 10.8. The molecule has 0 spiro atoms. The third kappa shape index (κ3) is 5.92. The second-order valence-electron chi connectivity index (χ2n) is 7.56. The summed E-state index contributed by atoms with van der Waals surface area (Å²) in [5, 5.41) is 3.91. The molecule has 2 nitrogen and oxygen atoms in total. The summed E-state index contributed by atoms with van der Waals surface area (Å²) in [6, 6.07) is 9.51. The highest BCUT2D eigenvalue weighted by atomic mass is 32.2. The quantitative estimate of drug-likeness (QED) is 0.391. The van der Waals surface area contributed by atoms with Gasteiger partial charge in [-0.15, -0.1) is 0 Å². The van der Waals surface area contributed by atoms with Gasteiger partial charge in [0.15, 0.2) is 0 Å². The molecule has 1 aliphatic rings. The Hall–Kier alpha value is -0.670. The molecule has 0 radical (unpaired) electrons. The van der Waals surface area contributed by atoms with Crippen LogP contribution in [0.1, 0.15) is 77.7 Å². The van der Waals surface area contributed by atoms with Crippen molar-refractivity contribution in [3.05, 3.63) is 29.8 Å². The van der Waals surface area contributed by atoms with Crippen LogP contribution in [-0.4, -0.2) is 30.7 Å². The topological polar surface area (TPSA) is 21.3 Å². The van der Waals surface area contributed by atoms with E-state index in [-0.39, 0.29) is 0 Å². The van der Waals surface area contributed by atoms with Gasteiger partial charge in [0.25, 0.3) is 0 Å². The van der Waals surface area contributed by atoms with Crippen molar-refractivity contribution in [1.82, 2.24) is 5.32 Å². The third-order valence-corrected chi connectivity index (χ3v) is 6.96. The van der Waals surface area contributed by atoms with Gasteiger partial charge in [0.2, 0.25) is 0 Å². The number of rotatable bonds is 14. The SMILES string of the molecule is CCCCSCCCCNC(CC)C1(c2ccc(OCC)cc2)CCC1. The van der Waals surface area contributed by atoms with E-state index in [0.29, 0.717) is 11.5 Å². The molecular weight excluding hydrogens is 338 g/mol. The van der Waals surface area contributed by atoms with Crippen molar-refractivity contribution in [3.8, 4) is 5.75 Å². The molecule has 1 aromatic carbocycles. The second kappa shape index (κ2) is 11.9. The second-order valence-corrected chi connectivity index (χ2v) is 8.78. The van der Waals surface area contributed by atoms with Crippen LogP contribution in [-0.2, 0) is 5.41 Å². The van der Waals surface area contributed by atoms with Gasteiger partial charge < -0.3 is 10.1 Å². The Bertz CT molecular complexity index is 483. The first-order chi connectivity index (χ1) is 12.8. The van der Waals surface area contributed by atoms with E-state index in [1.165, 1.54) is 68.4 Å². The van der Waals surface area contributed by atoms with Crippen LogP contribution in [0, 0.1) is 0 Å². The van der Waals surface area contributed by atoms with E-state index in [2.05, 4.69) is 55.2 Å². The van der Waals surface area contributed by atoms with E-state index in [1.807, 2.05) is 6.92 Å². The number of ether oxygens (including phenoxy) is 1. The van der Waals surface area contributed by atoms with Crippen molar-refractivity contribution in [3.63, 3.8) is 0 Å². The molecule has 0 amide bonds. The molecule has 1 N–H and O–H groups in total. The minimum Gasteiger partial charge on any atom is -0.494 e. The number of hydrogen-bond donors (Lipinski definition) is 1. The zero-order valence-corrected chi connectivity index (χ0v) is 18.0. The lowest BCUT2D eigenvalue weighted by Crippen LogP contribution is -2.52. The van der Waals surface area contributed by atoms with Crippen LogP contribution in [0.3, 0.4) is 0 Å². The molecule has 1 saturated carbocycles. The molecule has 0 bridgehead atoms. The van der Waals surface area contributed by atoms with Crippen LogP contribution in [0.4, 0.5) is 0 Å². The van der Waals surface area contributed by atoms with Crippen LogP contribution in [0.15, 0.2) is 24.3 Å². The van der Waals surface area contributed by atoms with Crippen molar-refractivity contribution < 1.29 is 4.74 Å². The summed E-state index contributed by atoms with van der Waals surface area (Å²) in [5.41, 5.74) is 1.84. The Labute approximate surface area is 165 Å². The first kappa shape index (κ1) is 21.6. The maximum Gasteiger partial charge on any atom is 0.119 e. The number of nitrogens with one attached hydrogen (secondary N) is 1. The van der Waals surface area contributed by atoms with Gasteiger partial charge in [0, 0.05) is 11.5 Å². The normalized spacial score (nSPS) is 16.9. The van der Waals surface area contributed by atoms with Gasteiger partial charge in [-0.3, -0.25) is 0 Å². The predicted molar refractivity (Wildman–Crippen MR) is 117 cm³/mol. The fourth-order valence-corrected chi connectivity index (χ4v) is 5.24. The van der Waals surface area contributed by atoms with Crippen molar-refractivity contribution >= 4 is 11.8 Å². The van der Waals surface area contributed by atoms with Gasteiger partial charge in [-0.05, 0) is 81.2 Å². The Morgan fingerprint density at radius 3 is 2.35 bits per heavy atom. The fourth-order valence-electron chi connectivity index (χ4n) is 4.13. The summed E-state index contributed by atoms with van der Waals surface area (Å²) >= 11 is 2.13. The summed E-state index contributed by atoms with van der Waals surface area (Å²) in [5.74, 6) is 3.65. The summed E-state index contributed by atoms with van der Waals surface area (Å²) in [7, 11) is 0. The molecule has 2 rings (SSSR count). The molecule has 0 aromatic heterocycles. The van der Waals surface area contributed by atoms with Gasteiger partial charge >= 0.3 is 0 Å². The lowest BCUT2D eigenvalue weighted by Gasteiger charge is -2.49. The van der Waals surface area contributed by atoms with Crippen molar-refractivity contribution in [2.75, 3.05) is 24.7 Å². The third-order valence-electron chi connectivity index (χ3n) is 5.81. The average molecular weight is 378 g/mol. The number of unbranched alkanes of at least 4 members (excludes halogenated alkanes) is 2. The first-order valence-corrected chi connectivity index (χ1v) is 12.0. The average Bonchev–Trinajstić information content (AvgIpc) is 2.63. The van der Waals surface area contributed by atoms with Crippen molar-refractivity contribution in [2.45, 2.75) is 83.6 Å². The minimum absolute atomic E-state index is 0.343. The predicted octanol–water partition coefficient (Wildman–Crippen LogP) is 6.19. The summed E-state index contributed by atoms with van der Waals surface area (Å²) < 4.78 is 5.62. The molecular formula is C23H39NOS. The largest absolute Gasteiger partial charge is 0.494 e. The molecule has 0 saturated heterocycles. The van der Waals surface area contributed by atoms with Gasteiger partial charge in [0.05, 0.1) is 6.61 Å². The van der Waals surface area contributed by atoms with E-state index >= 15 is 0 Å². The van der Waals surface area contributed by atoms with Crippen LogP contribution in [0.5, 0.6) is 5.75 Å². The van der Waals surface area contributed by atoms with Crippen molar-refractivity contribution in [2.24, 2.45) is 0 Å². The standard InChI is InChI=1S/C23H39NOS/c1-4-7-18-26-19-9-8-17-24-22(5-2)23(15-10-16-23)20-11-13-21(14-12-20)25-6-3/h11-14,22,24H,4-10,15-19H2,1-3H3. The highest BCUT2D eigenvalue weighted by molar-refractivity contribution is 7.99. The molecule has 26 heavy (non-hydrogen) atoms. The Kier molecular flexibility index (Phi) is 9.92. The lowest BCUT2D eigenvalue weighted by molar-refractivity contribution is 0.164. The fraction of sp³-hybridized carbons (Fsp3) is 0.739. The van der Waals surface area contributed by atoms with E-state index in [0.717, 1.165) is 18.9 Å². The molecule has 0 aliphatic heterocycles. The van der Waals surface area contributed by atoms with E-state index < -0.39 is 0 Å². The maximum absolute atomic E-state index is 5.62. The van der Waals surface area contributed by atoms with Crippen LogP contribution < -0.4 is 10.1 Å². The highest BCUT2D eigenvalue weighted by Gasteiger charge is 2.44. The highest BCUT2D eigenvalue weighted by Crippen LogP contribution is 2.47. The Morgan fingerprint density at radius 1 is 1.04 bits per heavy atom. The molecule has 1 aromatic rings. The van der Waals surface area contributed by atoms with E-state index in [4.69, 9.17) is 4.74 Å². The zero-order chi connectivity index (χ0) is 18.7. The van der Waals surface area contributed by atoms with Crippen LogP contribution in [0.25, 0.3) is 0 Å². The summed E-state index contributed by atoms with van der Waals surface area (Å²) in [4.78, 5) is 0. The molecule has 3 heteroatoms. The lowest BCUT2D eigenvalue weighted by atomic mass is 9.59. The van der Waals surface area contributed by atoms with Gasteiger partial charge in [0.1, 0.15) is 5.75 Å². The smallest absolute Gasteiger partial charge is 0.119 e.